The number of hydrogen-bond acceptors (Lipinski definition) is 5. The number of rotatable bonds is 7. The monoisotopic (exact) mass is 409 g/mol. The Bertz CT molecular complexity index is 1000. The molecule has 3 aromatic rings. The molecule has 1 fully saturated rings. The summed E-state index contributed by atoms with van der Waals surface area (Å²) in [7, 11) is 0. The quantitative estimate of drug-likeness (QED) is 0.469. The Morgan fingerprint density at radius 2 is 1.90 bits per heavy atom. The molecule has 1 aliphatic rings. The van der Waals surface area contributed by atoms with E-state index in [0.717, 1.165) is 61.6 Å². The Morgan fingerprint density at radius 1 is 1.14 bits per heavy atom. The molecule has 0 unspecified atom stereocenters. The van der Waals surface area contributed by atoms with Crippen molar-refractivity contribution in [1.29, 1.82) is 0 Å². The first-order chi connectivity index (χ1) is 14.2. The lowest BCUT2D eigenvalue weighted by Gasteiger charge is -2.32. The van der Waals surface area contributed by atoms with Gasteiger partial charge in [-0.1, -0.05) is 24.3 Å². The number of isothiocyanates is 1. The number of aromatic nitrogens is 2. The summed E-state index contributed by atoms with van der Waals surface area (Å²) < 4.78 is 15.5. The van der Waals surface area contributed by atoms with Crippen LogP contribution in [0, 0.1) is 5.82 Å². The molecule has 1 N–H and O–H groups in total. The second-order valence-electron chi connectivity index (χ2n) is 7.37. The fraction of sp³-hybridized carbons (Fsp3) is 0.364. The number of nitrogens with zero attached hydrogens (tertiary/aromatic N) is 4. The third-order valence-corrected chi connectivity index (χ3v) is 5.55. The molecule has 0 aliphatic carbocycles. The highest BCUT2D eigenvalue weighted by Gasteiger charge is 2.21. The molecule has 150 valence electrons. The van der Waals surface area contributed by atoms with Gasteiger partial charge in [0.15, 0.2) is 0 Å². The minimum absolute atomic E-state index is 0.217. The molecule has 0 radical (unpaired) electrons. The zero-order valence-electron chi connectivity index (χ0n) is 16.2. The molecule has 7 heteroatoms. The Balaban J connectivity index is 1.48. The zero-order valence-corrected chi connectivity index (χ0v) is 17.0. The summed E-state index contributed by atoms with van der Waals surface area (Å²) in [6, 6.07) is 15.2. The van der Waals surface area contributed by atoms with Gasteiger partial charge in [0.25, 0.3) is 0 Å². The fourth-order valence-electron chi connectivity index (χ4n) is 3.84. The average molecular weight is 410 g/mol. The fourth-order valence-corrected chi connectivity index (χ4v) is 3.93. The Kier molecular flexibility index (Phi) is 6.30. The van der Waals surface area contributed by atoms with Gasteiger partial charge in [-0.05, 0) is 54.9 Å². The lowest BCUT2D eigenvalue weighted by Crippen LogP contribution is -2.40. The number of benzene rings is 2. The molecule has 29 heavy (non-hydrogen) atoms. The molecule has 1 aliphatic heterocycles. The van der Waals surface area contributed by atoms with Gasteiger partial charge in [-0.2, -0.15) is 0 Å². The van der Waals surface area contributed by atoms with Crippen LogP contribution in [0.1, 0.15) is 18.4 Å². The van der Waals surface area contributed by atoms with Crippen LogP contribution in [-0.2, 0) is 6.54 Å². The molecule has 1 saturated heterocycles. The zero-order chi connectivity index (χ0) is 20.1. The van der Waals surface area contributed by atoms with Crippen molar-refractivity contribution >= 4 is 34.4 Å². The average Bonchev–Trinajstić information content (AvgIpc) is 3.08. The van der Waals surface area contributed by atoms with Crippen LogP contribution in [0.4, 0.5) is 10.3 Å². The van der Waals surface area contributed by atoms with Crippen molar-refractivity contribution in [2.75, 3.05) is 31.5 Å². The summed E-state index contributed by atoms with van der Waals surface area (Å²) in [6.45, 7) is 4.36. The summed E-state index contributed by atoms with van der Waals surface area (Å²) in [5.74, 6) is 0.657. The molecule has 0 atom stereocenters. The van der Waals surface area contributed by atoms with Crippen LogP contribution in [0.2, 0.25) is 0 Å². The second kappa shape index (κ2) is 9.27. The molecule has 1 aromatic heterocycles. The normalized spacial score (nSPS) is 15.3. The number of imidazole rings is 1. The van der Waals surface area contributed by atoms with Gasteiger partial charge < -0.3 is 14.8 Å². The van der Waals surface area contributed by atoms with E-state index in [1.165, 1.54) is 12.1 Å². The van der Waals surface area contributed by atoms with Crippen LogP contribution in [0.25, 0.3) is 11.0 Å². The van der Waals surface area contributed by atoms with E-state index in [0.29, 0.717) is 12.6 Å². The van der Waals surface area contributed by atoms with Crippen LogP contribution in [0.15, 0.2) is 53.5 Å². The van der Waals surface area contributed by atoms with E-state index in [2.05, 4.69) is 43.2 Å². The summed E-state index contributed by atoms with van der Waals surface area (Å²) in [5, 5.41) is 6.09. The van der Waals surface area contributed by atoms with Gasteiger partial charge in [-0.3, -0.25) is 0 Å². The summed E-state index contributed by atoms with van der Waals surface area (Å²) in [5.41, 5.74) is 3.09. The maximum absolute atomic E-state index is 13.3. The minimum Gasteiger partial charge on any atom is -0.353 e. The second-order valence-corrected chi connectivity index (χ2v) is 7.55. The lowest BCUT2D eigenvalue weighted by molar-refractivity contribution is 0.224. The van der Waals surface area contributed by atoms with Crippen molar-refractivity contribution in [2.45, 2.75) is 25.4 Å². The van der Waals surface area contributed by atoms with E-state index in [9.17, 15) is 4.39 Å². The molecule has 0 saturated carbocycles. The highest BCUT2D eigenvalue weighted by molar-refractivity contribution is 7.78. The van der Waals surface area contributed by atoms with Crippen LogP contribution >= 0.6 is 12.2 Å². The molecular formula is C22H24FN5S. The van der Waals surface area contributed by atoms with Gasteiger partial charge in [-0.25, -0.2) is 14.4 Å². The third kappa shape index (κ3) is 4.88. The van der Waals surface area contributed by atoms with Crippen molar-refractivity contribution < 1.29 is 4.39 Å². The van der Waals surface area contributed by atoms with Crippen LogP contribution in [-0.4, -0.2) is 51.8 Å². The van der Waals surface area contributed by atoms with Gasteiger partial charge in [0, 0.05) is 25.7 Å². The minimum atomic E-state index is -0.217. The summed E-state index contributed by atoms with van der Waals surface area (Å²) in [4.78, 5) is 11.2. The van der Waals surface area contributed by atoms with Crippen molar-refractivity contribution in [2.24, 2.45) is 4.99 Å². The Labute approximate surface area is 175 Å². The van der Waals surface area contributed by atoms with E-state index < -0.39 is 0 Å². The number of piperidine rings is 1. The Morgan fingerprint density at radius 3 is 2.66 bits per heavy atom. The van der Waals surface area contributed by atoms with Gasteiger partial charge in [0.05, 0.1) is 29.3 Å². The number of hydrogen-bond donors (Lipinski definition) is 1. The largest absolute Gasteiger partial charge is 0.353 e. The molecule has 0 bridgehead atoms. The van der Waals surface area contributed by atoms with Crippen LogP contribution < -0.4 is 5.32 Å². The maximum atomic E-state index is 13.3. The van der Waals surface area contributed by atoms with E-state index in [4.69, 9.17) is 4.98 Å². The van der Waals surface area contributed by atoms with Gasteiger partial charge in [0.2, 0.25) is 5.95 Å². The molecule has 5 nitrogen and oxygen atoms in total. The SMILES string of the molecule is Fc1ccc(Cn2c(NC3CCN(CCN=C=S)CC3)nc3ccccc32)cc1. The molecule has 0 amide bonds. The lowest BCUT2D eigenvalue weighted by atomic mass is 10.1. The smallest absolute Gasteiger partial charge is 0.204 e. The van der Waals surface area contributed by atoms with E-state index in [1.54, 1.807) is 0 Å². The molecule has 0 spiro atoms. The van der Waals surface area contributed by atoms with Crippen molar-refractivity contribution in [1.82, 2.24) is 14.5 Å². The van der Waals surface area contributed by atoms with Crippen molar-refractivity contribution in [3.8, 4) is 0 Å². The first kappa shape index (κ1) is 19.7. The van der Waals surface area contributed by atoms with Crippen molar-refractivity contribution in [3.05, 3.63) is 59.9 Å². The highest BCUT2D eigenvalue weighted by Crippen LogP contribution is 2.24. The number of aliphatic imine (C=N–C) groups is 1. The number of para-hydroxylation sites is 2. The van der Waals surface area contributed by atoms with Gasteiger partial charge in [-0.15, -0.1) is 0 Å². The number of anilines is 1. The summed E-state index contributed by atoms with van der Waals surface area (Å²) >= 11 is 4.63. The van der Waals surface area contributed by atoms with E-state index in [-0.39, 0.29) is 5.82 Å². The van der Waals surface area contributed by atoms with Gasteiger partial charge >= 0.3 is 0 Å². The van der Waals surface area contributed by atoms with E-state index in [1.807, 2.05) is 30.3 Å². The molecule has 2 aromatic carbocycles. The number of nitrogens with one attached hydrogen (secondary N) is 1. The number of fused-ring (bicyclic) bond motifs is 1. The maximum Gasteiger partial charge on any atom is 0.204 e. The van der Waals surface area contributed by atoms with Crippen LogP contribution in [0.5, 0.6) is 0 Å². The number of halogens is 1. The highest BCUT2D eigenvalue weighted by atomic mass is 32.1. The van der Waals surface area contributed by atoms with Gasteiger partial charge in [0.1, 0.15) is 5.82 Å². The molecule has 2 heterocycles. The van der Waals surface area contributed by atoms with E-state index >= 15 is 0 Å². The third-order valence-electron chi connectivity index (χ3n) is 5.42. The van der Waals surface area contributed by atoms with Crippen molar-refractivity contribution in [3.63, 3.8) is 0 Å². The predicted octanol–water partition coefficient (Wildman–Crippen LogP) is 4.20. The Hall–Kier alpha value is -2.60. The number of thiocarbonyl (C=S) groups is 1. The standard InChI is InChI=1S/C22H24FN5S/c23-18-7-5-17(6-8-18)15-28-21-4-2-1-3-20(21)26-22(28)25-19-9-12-27(13-10-19)14-11-24-16-29/h1-8,19H,9-15H2,(H,25,26). The topological polar surface area (TPSA) is 45.5 Å². The number of likely N-dealkylation sites (tertiary alicyclic amines) is 1. The molecular weight excluding hydrogens is 385 g/mol. The summed E-state index contributed by atoms with van der Waals surface area (Å²) in [6.07, 6.45) is 2.11. The molecule has 4 rings (SSSR count). The predicted molar refractivity (Wildman–Crippen MR) is 118 cm³/mol. The first-order valence-corrected chi connectivity index (χ1v) is 10.4. The van der Waals surface area contributed by atoms with Crippen LogP contribution in [0.3, 0.4) is 0 Å². The first-order valence-electron chi connectivity index (χ1n) is 9.95.